The lowest BCUT2D eigenvalue weighted by Gasteiger charge is -2.28. The highest BCUT2D eigenvalue weighted by atomic mass is 16.5. The number of hydrogen-bond donors (Lipinski definition) is 2. The maximum absolute atomic E-state index is 12.7. The molecule has 0 radical (unpaired) electrons. The molecule has 4 rings (SSSR count). The molecule has 1 aliphatic carbocycles. The Morgan fingerprint density at radius 2 is 2.04 bits per heavy atom. The minimum absolute atomic E-state index is 0.0276. The number of carbonyl (C=O) groups excluding carboxylic acids is 1. The average Bonchev–Trinajstić information content (AvgIpc) is 3.05. The van der Waals surface area contributed by atoms with E-state index in [1.54, 1.807) is 19.5 Å². The van der Waals surface area contributed by atoms with E-state index in [1.165, 1.54) is 0 Å². The second-order valence-corrected chi connectivity index (χ2v) is 7.37. The van der Waals surface area contributed by atoms with E-state index < -0.39 is 0 Å². The zero-order valence-electron chi connectivity index (χ0n) is 16.1. The lowest BCUT2D eigenvalue weighted by Crippen LogP contribution is -2.31. The Morgan fingerprint density at radius 3 is 2.79 bits per heavy atom. The number of benzene rings is 1. The molecule has 0 atom stereocenters. The van der Waals surface area contributed by atoms with Gasteiger partial charge in [0.05, 0.1) is 24.3 Å². The van der Waals surface area contributed by atoms with E-state index in [4.69, 9.17) is 4.74 Å². The minimum Gasteiger partial charge on any atom is -0.496 e. The zero-order valence-corrected chi connectivity index (χ0v) is 16.1. The highest BCUT2D eigenvalue weighted by molar-refractivity contribution is 5.92. The minimum atomic E-state index is -0.109. The van der Waals surface area contributed by atoms with Crippen LogP contribution in [0.15, 0.2) is 41.5 Å². The first-order chi connectivity index (χ1) is 13.6. The maximum Gasteiger partial charge on any atom is 0.326 e. The number of aromatic nitrogens is 3. The lowest BCUT2D eigenvalue weighted by molar-refractivity contribution is -0.121. The second kappa shape index (κ2) is 7.50. The van der Waals surface area contributed by atoms with Crippen molar-refractivity contribution >= 4 is 22.6 Å². The number of ether oxygens (including phenoxy) is 1. The SMILES string of the molecule is COc1cc(NC(=O)C2CCC(n3c(=O)[nH]c4cnccc43)CC2)ccc1C. The largest absolute Gasteiger partial charge is 0.496 e. The van der Waals surface area contributed by atoms with Crippen molar-refractivity contribution in [1.82, 2.24) is 14.5 Å². The molecule has 2 aromatic heterocycles. The van der Waals surface area contributed by atoms with Crippen LogP contribution in [0.25, 0.3) is 11.0 Å². The van der Waals surface area contributed by atoms with Crippen LogP contribution in [-0.4, -0.2) is 27.6 Å². The Balaban J connectivity index is 1.43. The summed E-state index contributed by atoms with van der Waals surface area (Å²) in [4.78, 5) is 32.0. The van der Waals surface area contributed by atoms with Crippen LogP contribution in [-0.2, 0) is 4.79 Å². The Hall–Kier alpha value is -3.09. The molecule has 1 aliphatic rings. The number of hydrogen-bond acceptors (Lipinski definition) is 4. The molecule has 2 heterocycles. The van der Waals surface area contributed by atoms with Crippen molar-refractivity contribution in [3.8, 4) is 5.75 Å². The molecule has 0 aliphatic heterocycles. The van der Waals surface area contributed by atoms with Crippen LogP contribution < -0.4 is 15.7 Å². The Morgan fingerprint density at radius 1 is 1.25 bits per heavy atom. The second-order valence-electron chi connectivity index (χ2n) is 7.37. The van der Waals surface area contributed by atoms with Crippen molar-refractivity contribution in [2.45, 2.75) is 38.6 Å². The summed E-state index contributed by atoms with van der Waals surface area (Å²) >= 11 is 0. The van der Waals surface area contributed by atoms with Gasteiger partial charge in [0.25, 0.3) is 0 Å². The molecule has 3 aromatic rings. The van der Waals surface area contributed by atoms with Crippen molar-refractivity contribution in [3.05, 3.63) is 52.7 Å². The van der Waals surface area contributed by atoms with Gasteiger partial charge in [-0.3, -0.25) is 14.3 Å². The van der Waals surface area contributed by atoms with Crippen LogP contribution >= 0.6 is 0 Å². The van der Waals surface area contributed by atoms with Gasteiger partial charge in [0.2, 0.25) is 5.91 Å². The van der Waals surface area contributed by atoms with Gasteiger partial charge in [-0.05, 0) is 50.3 Å². The van der Waals surface area contributed by atoms with Crippen LogP contribution in [0.2, 0.25) is 0 Å². The fourth-order valence-corrected chi connectivity index (χ4v) is 4.08. The molecular weight excluding hydrogens is 356 g/mol. The van der Waals surface area contributed by atoms with Gasteiger partial charge in [0.15, 0.2) is 0 Å². The third-order valence-electron chi connectivity index (χ3n) is 5.63. The quantitative estimate of drug-likeness (QED) is 0.726. The number of pyridine rings is 1. The van der Waals surface area contributed by atoms with E-state index in [1.807, 2.05) is 35.8 Å². The lowest BCUT2D eigenvalue weighted by atomic mass is 9.85. The van der Waals surface area contributed by atoms with Crippen LogP contribution in [0.5, 0.6) is 5.75 Å². The molecule has 28 heavy (non-hydrogen) atoms. The molecule has 1 saturated carbocycles. The van der Waals surface area contributed by atoms with E-state index in [0.717, 1.165) is 53.7 Å². The Kier molecular flexibility index (Phi) is 4.90. The van der Waals surface area contributed by atoms with Gasteiger partial charge < -0.3 is 15.0 Å². The maximum atomic E-state index is 12.7. The summed E-state index contributed by atoms with van der Waals surface area (Å²) in [5.41, 5.74) is 3.29. The number of fused-ring (bicyclic) bond motifs is 1. The van der Waals surface area contributed by atoms with Crippen LogP contribution in [0, 0.1) is 12.8 Å². The van der Waals surface area contributed by atoms with E-state index in [0.29, 0.717) is 0 Å². The highest BCUT2D eigenvalue weighted by Crippen LogP contribution is 2.34. The number of anilines is 1. The molecule has 0 unspecified atom stereocenters. The predicted molar refractivity (Wildman–Crippen MR) is 108 cm³/mol. The number of amides is 1. The number of nitrogens with zero attached hydrogens (tertiary/aromatic N) is 2. The summed E-state index contributed by atoms with van der Waals surface area (Å²) in [6, 6.07) is 7.63. The molecule has 1 fully saturated rings. The van der Waals surface area contributed by atoms with Crippen LogP contribution in [0.3, 0.4) is 0 Å². The fourth-order valence-electron chi connectivity index (χ4n) is 4.08. The number of aryl methyl sites for hydroxylation is 1. The van der Waals surface area contributed by atoms with E-state index in [9.17, 15) is 9.59 Å². The average molecular weight is 380 g/mol. The van der Waals surface area contributed by atoms with Crippen LogP contribution in [0.1, 0.15) is 37.3 Å². The number of nitrogens with one attached hydrogen (secondary N) is 2. The molecule has 7 nitrogen and oxygen atoms in total. The smallest absolute Gasteiger partial charge is 0.326 e. The molecular formula is C21H24N4O3. The summed E-state index contributed by atoms with van der Waals surface area (Å²) < 4.78 is 7.14. The summed E-state index contributed by atoms with van der Waals surface area (Å²) in [5.74, 6) is 0.737. The molecule has 0 spiro atoms. The van der Waals surface area contributed by atoms with Gasteiger partial charge in [0, 0.05) is 29.9 Å². The Bertz CT molecular complexity index is 1060. The normalized spacial score (nSPS) is 19.5. The third-order valence-corrected chi connectivity index (χ3v) is 5.63. The molecule has 146 valence electrons. The van der Waals surface area contributed by atoms with E-state index in [2.05, 4.69) is 15.3 Å². The Labute approximate surface area is 162 Å². The topological polar surface area (TPSA) is 89.0 Å². The molecule has 2 N–H and O–H groups in total. The van der Waals surface area contributed by atoms with Gasteiger partial charge in [-0.25, -0.2) is 4.79 Å². The summed E-state index contributed by atoms with van der Waals surface area (Å²) in [5, 5.41) is 3.00. The van der Waals surface area contributed by atoms with Gasteiger partial charge in [-0.1, -0.05) is 6.07 Å². The standard InChI is InChI=1S/C21H24N4O3/c1-13-3-6-15(11-19(13)28-2)23-20(26)14-4-7-16(8-5-14)25-18-9-10-22-12-17(18)24-21(25)27/h3,6,9-12,14,16H,4-5,7-8H2,1-2H3,(H,23,26)(H,24,27). The number of aromatic amines is 1. The summed E-state index contributed by atoms with van der Waals surface area (Å²) in [6.07, 6.45) is 6.46. The molecule has 1 aromatic carbocycles. The van der Waals surface area contributed by atoms with Crippen molar-refractivity contribution in [3.63, 3.8) is 0 Å². The van der Waals surface area contributed by atoms with E-state index in [-0.39, 0.29) is 23.6 Å². The van der Waals surface area contributed by atoms with Gasteiger partial charge >= 0.3 is 5.69 Å². The van der Waals surface area contributed by atoms with Gasteiger partial charge in [-0.2, -0.15) is 0 Å². The molecule has 7 heteroatoms. The molecule has 1 amide bonds. The number of rotatable bonds is 4. The summed E-state index contributed by atoms with van der Waals surface area (Å²) in [7, 11) is 1.62. The fraction of sp³-hybridized carbons (Fsp3) is 0.381. The van der Waals surface area contributed by atoms with Crippen molar-refractivity contribution in [1.29, 1.82) is 0 Å². The van der Waals surface area contributed by atoms with E-state index >= 15 is 0 Å². The zero-order chi connectivity index (χ0) is 19.7. The number of imidazole rings is 1. The molecule has 0 bridgehead atoms. The first-order valence-electron chi connectivity index (χ1n) is 9.56. The number of H-pyrrole nitrogens is 1. The monoisotopic (exact) mass is 380 g/mol. The predicted octanol–water partition coefficient (Wildman–Crippen LogP) is 3.41. The van der Waals surface area contributed by atoms with Gasteiger partial charge in [-0.15, -0.1) is 0 Å². The van der Waals surface area contributed by atoms with Crippen molar-refractivity contribution in [2.75, 3.05) is 12.4 Å². The number of methoxy groups -OCH3 is 1. The summed E-state index contributed by atoms with van der Waals surface area (Å²) in [6.45, 7) is 1.97. The third kappa shape index (κ3) is 3.40. The van der Waals surface area contributed by atoms with Crippen molar-refractivity contribution < 1.29 is 9.53 Å². The highest BCUT2D eigenvalue weighted by Gasteiger charge is 2.29. The number of carbonyl (C=O) groups is 1. The van der Waals surface area contributed by atoms with Gasteiger partial charge in [0.1, 0.15) is 5.75 Å². The van der Waals surface area contributed by atoms with Crippen molar-refractivity contribution in [2.24, 2.45) is 5.92 Å². The molecule has 0 saturated heterocycles. The first kappa shape index (κ1) is 18.3. The van der Waals surface area contributed by atoms with Crippen LogP contribution in [0.4, 0.5) is 5.69 Å². The first-order valence-corrected chi connectivity index (χ1v) is 9.56.